The van der Waals surface area contributed by atoms with Crippen LogP contribution in [0.1, 0.15) is 29.8 Å². The molecule has 0 unspecified atom stereocenters. The zero-order valence-corrected chi connectivity index (χ0v) is 18.4. The van der Waals surface area contributed by atoms with Gasteiger partial charge in [-0.25, -0.2) is 13.1 Å². The van der Waals surface area contributed by atoms with Crippen molar-refractivity contribution in [3.63, 3.8) is 0 Å². The minimum atomic E-state index is -3.45. The molecule has 0 saturated carbocycles. The molecule has 158 valence electrons. The number of rotatable bonds is 6. The van der Waals surface area contributed by atoms with E-state index >= 15 is 0 Å². The highest BCUT2D eigenvalue weighted by molar-refractivity contribution is 7.89. The Morgan fingerprint density at radius 3 is 2.17 bits per heavy atom. The van der Waals surface area contributed by atoms with Crippen molar-refractivity contribution in [2.45, 2.75) is 44.2 Å². The molecule has 5 nitrogen and oxygen atoms in total. The number of hydrogen-bond acceptors (Lipinski definition) is 3. The number of hydrogen-bond donors (Lipinski definition) is 1. The average Bonchev–Trinajstić information content (AvgIpc) is 3.03. The molecule has 1 aromatic heterocycles. The quantitative estimate of drug-likeness (QED) is 0.651. The summed E-state index contributed by atoms with van der Waals surface area (Å²) in [4.78, 5) is 2.76. The molecule has 2 heterocycles. The third kappa shape index (κ3) is 4.51. The van der Waals surface area contributed by atoms with Gasteiger partial charge < -0.3 is 4.57 Å². The van der Waals surface area contributed by atoms with Gasteiger partial charge in [0.25, 0.3) is 0 Å². The lowest BCUT2D eigenvalue weighted by Gasteiger charge is -2.32. The van der Waals surface area contributed by atoms with Gasteiger partial charge in [-0.3, -0.25) is 4.90 Å². The van der Waals surface area contributed by atoms with E-state index in [1.54, 1.807) is 24.3 Å². The van der Waals surface area contributed by atoms with Crippen molar-refractivity contribution in [1.82, 2.24) is 14.2 Å². The fourth-order valence-corrected chi connectivity index (χ4v) is 5.63. The van der Waals surface area contributed by atoms with Gasteiger partial charge in [0.1, 0.15) is 0 Å². The number of piperidine rings is 1. The lowest BCUT2D eigenvalue weighted by atomic mass is 10.1. The molecule has 0 spiro atoms. The van der Waals surface area contributed by atoms with E-state index in [1.165, 1.54) is 22.6 Å². The van der Waals surface area contributed by atoms with E-state index in [4.69, 9.17) is 0 Å². The highest BCUT2D eigenvalue weighted by Crippen LogP contribution is 2.23. The van der Waals surface area contributed by atoms with Gasteiger partial charge >= 0.3 is 0 Å². The van der Waals surface area contributed by atoms with Crippen LogP contribution in [-0.4, -0.2) is 37.0 Å². The highest BCUT2D eigenvalue weighted by Gasteiger charge is 2.25. The monoisotopic (exact) mass is 423 g/mol. The first-order valence-corrected chi connectivity index (χ1v) is 12.0. The normalized spacial score (nSPS) is 16.1. The lowest BCUT2D eigenvalue weighted by Crippen LogP contribution is -2.44. The Bertz CT molecular complexity index is 1080. The largest absolute Gasteiger partial charge is 0.318 e. The molecule has 1 N–H and O–H groups in total. The van der Waals surface area contributed by atoms with E-state index in [0.717, 1.165) is 32.5 Å². The number of nitrogens with zero attached hydrogens (tertiary/aromatic N) is 2. The number of para-hydroxylation sites is 1. The van der Waals surface area contributed by atoms with E-state index in [-0.39, 0.29) is 6.04 Å². The second kappa shape index (κ2) is 8.76. The number of benzene rings is 2. The van der Waals surface area contributed by atoms with Gasteiger partial charge in [0.05, 0.1) is 4.90 Å². The SMILES string of the molecule is Cc1cc(CN2CCC(NS(=O)(=O)c3ccccc3)CC2)c(C)n1-c1ccccc1. The number of aryl methyl sites for hydroxylation is 1. The summed E-state index contributed by atoms with van der Waals surface area (Å²) < 4.78 is 30.3. The number of nitrogens with one attached hydrogen (secondary N) is 1. The third-order valence-corrected chi connectivity index (χ3v) is 7.44. The minimum Gasteiger partial charge on any atom is -0.318 e. The van der Waals surface area contributed by atoms with Crippen LogP contribution in [-0.2, 0) is 16.6 Å². The Morgan fingerprint density at radius 2 is 1.53 bits per heavy atom. The van der Waals surface area contributed by atoms with Crippen molar-refractivity contribution in [2.24, 2.45) is 0 Å². The summed E-state index contributed by atoms with van der Waals surface area (Å²) >= 11 is 0. The van der Waals surface area contributed by atoms with Gasteiger partial charge in [-0.15, -0.1) is 0 Å². The number of aromatic nitrogens is 1. The van der Waals surface area contributed by atoms with E-state index in [0.29, 0.717) is 4.90 Å². The molecule has 0 atom stereocenters. The van der Waals surface area contributed by atoms with Gasteiger partial charge in [-0.05, 0) is 62.6 Å². The molecule has 1 fully saturated rings. The average molecular weight is 424 g/mol. The summed E-state index contributed by atoms with van der Waals surface area (Å²) in [6.45, 7) is 6.99. The van der Waals surface area contributed by atoms with Crippen LogP contribution < -0.4 is 4.72 Å². The minimum absolute atomic E-state index is 0.0109. The molecule has 1 aliphatic rings. The Hall–Kier alpha value is -2.41. The summed E-state index contributed by atoms with van der Waals surface area (Å²) in [5, 5.41) is 0. The molecule has 4 rings (SSSR count). The van der Waals surface area contributed by atoms with E-state index < -0.39 is 10.0 Å². The first-order chi connectivity index (χ1) is 14.4. The Labute approximate surface area is 179 Å². The molecular weight excluding hydrogens is 394 g/mol. The molecule has 0 aliphatic carbocycles. The molecule has 3 aromatic rings. The summed E-state index contributed by atoms with van der Waals surface area (Å²) in [5.74, 6) is 0. The molecule has 1 saturated heterocycles. The molecule has 6 heteroatoms. The summed E-state index contributed by atoms with van der Waals surface area (Å²) in [7, 11) is -3.45. The van der Waals surface area contributed by atoms with Crippen LogP contribution >= 0.6 is 0 Å². The Balaban J connectivity index is 1.38. The first-order valence-electron chi connectivity index (χ1n) is 10.5. The van der Waals surface area contributed by atoms with Crippen molar-refractivity contribution in [2.75, 3.05) is 13.1 Å². The molecular formula is C24H29N3O2S. The number of likely N-dealkylation sites (tertiary alicyclic amines) is 1. The van der Waals surface area contributed by atoms with Crippen molar-refractivity contribution in [1.29, 1.82) is 0 Å². The third-order valence-electron chi connectivity index (χ3n) is 5.91. The topological polar surface area (TPSA) is 54.3 Å². The standard InChI is InChI=1S/C24H29N3O2S/c1-19-17-21(20(2)27(19)23-9-5-3-6-10-23)18-26-15-13-22(14-16-26)25-30(28,29)24-11-7-4-8-12-24/h3-12,17,22,25H,13-16,18H2,1-2H3. The van der Waals surface area contributed by atoms with Crippen LogP contribution in [0.4, 0.5) is 0 Å². The van der Waals surface area contributed by atoms with E-state index in [2.05, 4.69) is 58.4 Å². The van der Waals surface area contributed by atoms with Gasteiger partial charge in [0.2, 0.25) is 10.0 Å². The number of sulfonamides is 1. The van der Waals surface area contributed by atoms with E-state index in [1.807, 2.05) is 12.1 Å². The van der Waals surface area contributed by atoms with Gasteiger partial charge in [-0.2, -0.15) is 0 Å². The molecule has 0 amide bonds. The van der Waals surface area contributed by atoms with Crippen LogP contribution in [0.2, 0.25) is 0 Å². The van der Waals surface area contributed by atoms with Crippen molar-refractivity contribution < 1.29 is 8.42 Å². The predicted molar refractivity (Wildman–Crippen MR) is 120 cm³/mol. The lowest BCUT2D eigenvalue weighted by molar-refractivity contribution is 0.199. The Morgan fingerprint density at radius 1 is 0.933 bits per heavy atom. The zero-order chi connectivity index (χ0) is 21.1. The molecule has 1 aliphatic heterocycles. The van der Waals surface area contributed by atoms with Crippen molar-refractivity contribution in [3.05, 3.63) is 83.7 Å². The summed E-state index contributed by atoms with van der Waals surface area (Å²) in [6.07, 6.45) is 1.65. The van der Waals surface area contributed by atoms with Crippen LogP contribution in [0.15, 0.2) is 71.6 Å². The smallest absolute Gasteiger partial charge is 0.240 e. The second-order valence-electron chi connectivity index (χ2n) is 8.05. The van der Waals surface area contributed by atoms with Crippen molar-refractivity contribution >= 4 is 10.0 Å². The maximum Gasteiger partial charge on any atom is 0.240 e. The first kappa shape index (κ1) is 20.8. The van der Waals surface area contributed by atoms with Gasteiger partial charge in [-0.1, -0.05) is 36.4 Å². The van der Waals surface area contributed by atoms with E-state index in [9.17, 15) is 8.42 Å². The van der Waals surface area contributed by atoms with Crippen molar-refractivity contribution in [3.8, 4) is 5.69 Å². The maximum atomic E-state index is 12.6. The van der Waals surface area contributed by atoms with Crippen LogP contribution in [0.3, 0.4) is 0 Å². The van der Waals surface area contributed by atoms with Crippen LogP contribution in [0.5, 0.6) is 0 Å². The van der Waals surface area contributed by atoms with Crippen LogP contribution in [0.25, 0.3) is 5.69 Å². The maximum absolute atomic E-state index is 12.6. The zero-order valence-electron chi connectivity index (χ0n) is 17.6. The summed E-state index contributed by atoms with van der Waals surface area (Å²) in [5.41, 5.74) is 5.03. The molecule has 0 bridgehead atoms. The van der Waals surface area contributed by atoms with Gasteiger partial charge in [0.15, 0.2) is 0 Å². The molecule has 0 radical (unpaired) electrons. The second-order valence-corrected chi connectivity index (χ2v) is 9.77. The molecule has 2 aromatic carbocycles. The Kier molecular flexibility index (Phi) is 6.09. The predicted octanol–water partition coefficient (Wildman–Crippen LogP) is 4.04. The van der Waals surface area contributed by atoms with Gasteiger partial charge in [0, 0.05) is 42.8 Å². The van der Waals surface area contributed by atoms with Crippen LogP contribution in [0, 0.1) is 13.8 Å². The molecule has 30 heavy (non-hydrogen) atoms. The fraction of sp³-hybridized carbons (Fsp3) is 0.333. The summed E-state index contributed by atoms with van der Waals surface area (Å²) in [6, 6.07) is 21.3. The fourth-order valence-electron chi connectivity index (χ4n) is 4.30. The highest BCUT2D eigenvalue weighted by atomic mass is 32.2.